The molecule has 1 aliphatic rings. The van der Waals surface area contributed by atoms with Crippen molar-refractivity contribution < 1.29 is 9.47 Å². The summed E-state index contributed by atoms with van der Waals surface area (Å²) in [6, 6.07) is 3.97. The molecule has 110 valence electrons. The van der Waals surface area contributed by atoms with Gasteiger partial charge in [0.2, 0.25) is 0 Å². The zero-order valence-electron chi connectivity index (χ0n) is 12.1. The van der Waals surface area contributed by atoms with E-state index in [1.807, 2.05) is 19.2 Å². The highest BCUT2D eigenvalue weighted by atomic mass is 79.9. The molecule has 0 bridgehead atoms. The number of aromatic nitrogens is 2. The van der Waals surface area contributed by atoms with E-state index < -0.39 is 0 Å². The van der Waals surface area contributed by atoms with E-state index in [2.05, 4.69) is 38.1 Å². The van der Waals surface area contributed by atoms with Gasteiger partial charge in [0, 0.05) is 25.2 Å². The van der Waals surface area contributed by atoms with Gasteiger partial charge in [0.1, 0.15) is 23.4 Å². The second-order valence-electron chi connectivity index (χ2n) is 4.93. The van der Waals surface area contributed by atoms with E-state index in [-0.39, 0.29) is 6.10 Å². The molecule has 0 aliphatic carbocycles. The summed E-state index contributed by atoms with van der Waals surface area (Å²) in [5.41, 5.74) is 1.99. The minimum Gasteiger partial charge on any atom is -0.496 e. The van der Waals surface area contributed by atoms with Crippen LogP contribution in [0, 0.1) is 0 Å². The molecule has 1 aromatic heterocycles. The molecule has 0 spiro atoms. The largest absolute Gasteiger partial charge is 0.496 e. The molecular weight excluding hydrogens is 334 g/mol. The first-order valence-electron chi connectivity index (χ1n) is 6.70. The summed E-state index contributed by atoms with van der Waals surface area (Å²) in [6.45, 7) is 2.06. The number of nitrogens with one attached hydrogen (secondary N) is 1. The number of methoxy groups -OCH3 is 1. The Morgan fingerprint density at radius 2 is 2.24 bits per heavy atom. The van der Waals surface area contributed by atoms with Crippen LogP contribution in [0.5, 0.6) is 11.5 Å². The third kappa shape index (κ3) is 2.55. The second-order valence-corrected chi connectivity index (χ2v) is 5.79. The average Bonchev–Trinajstić information content (AvgIpc) is 2.85. The van der Waals surface area contributed by atoms with Crippen LogP contribution in [0.15, 0.2) is 22.8 Å². The second kappa shape index (κ2) is 5.52. The highest BCUT2D eigenvalue weighted by Crippen LogP contribution is 2.39. The maximum Gasteiger partial charge on any atom is 0.165 e. The lowest BCUT2D eigenvalue weighted by molar-refractivity contribution is 0.254. The quantitative estimate of drug-likeness (QED) is 0.921. The molecule has 1 unspecified atom stereocenters. The first-order chi connectivity index (χ1) is 10.1. The van der Waals surface area contributed by atoms with Crippen molar-refractivity contribution in [3.63, 3.8) is 0 Å². The van der Waals surface area contributed by atoms with Crippen molar-refractivity contribution in [1.29, 1.82) is 0 Å². The van der Waals surface area contributed by atoms with Gasteiger partial charge in [-0.2, -0.15) is 0 Å². The van der Waals surface area contributed by atoms with Crippen LogP contribution in [0.3, 0.4) is 0 Å². The van der Waals surface area contributed by atoms with Crippen LogP contribution in [0.4, 0.5) is 5.82 Å². The van der Waals surface area contributed by atoms with Crippen molar-refractivity contribution in [2.24, 2.45) is 0 Å². The van der Waals surface area contributed by atoms with E-state index in [1.54, 1.807) is 13.3 Å². The number of rotatable bonds is 3. The normalized spacial score (nSPS) is 16.3. The van der Waals surface area contributed by atoms with Gasteiger partial charge in [-0.05, 0) is 35.0 Å². The van der Waals surface area contributed by atoms with E-state index in [0.29, 0.717) is 5.82 Å². The fraction of sp³-hybridized carbons (Fsp3) is 0.333. The van der Waals surface area contributed by atoms with Gasteiger partial charge in [-0.1, -0.05) is 0 Å². The molecule has 0 saturated heterocycles. The van der Waals surface area contributed by atoms with Gasteiger partial charge in [-0.15, -0.1) is 0 Å². The average molecular weight is 350 g/mol. The lowest BCUT2D eigenvalue weighted by Gasteiger charge is -2.11. The number of hydrogen-bond acceptors (Lipinski definition) is 5. The number of nitrogens with zero attached hydrogens (tertiary/aromatic N) is 2. The lowest BCUT2D eigenvalue weighted by atomic mass is 10.1. The molecule has 0 amide bonds. The van der Waals surface area contributed by atoms with Crippen molar-refractivity contribution in [2.75, 3.05) is 19.5 Å². The van der Waals surface area contributed by atoms with Crippen molar-refractivity contribution in [3.8, 4) is 22.9 Å². The Morgan fingerprint density at radius 3 is 2.95 bits per heavy atom. The lowest BCUT2D eigenvalue weighted by Crippen LogP contribution is -2.05. The molecule has 1 N–H and O–H groups in total. The van der Waals surface area contributed by atoms with Crippen molar-refractivity contribution in [1.82, 2.24) is 9.97 Å². The van der Waals surface area contributed by atoms with Gasteiger partial charge >= 0.3 is 0 Å². The summed E-state index contributed by atoms with van der Waals surface area (Å²) >= 11 is 3.41. The summed E-state index contributed by atoms with van der Waals surface area (Å²) in [5.74, 6) is 2.98. The van der Waals surface area contributed by atoms with E-state index in [9.17, 15) is 0 Å². The van der Waals surface area contributed by atoms with Crippen molar-refractivity contribution >= 4 is 21.7 Å². The van der Waals surface area contributed by atoms with Gasteiger partial charge in [0.15, 0.2) is 5.82 Å². The summed E-state index contributed by atoms with van der Waals surface area (Å²) in [5, 5.41) is 3.03. The first-order valence-corrected chi connectivity index (χ1v) is 7.50. The van der Waals surface area contributed by atoms with Crippen LogP contribution in [0.25, 0.3) is 11.4 Å². The highest BCUT2D eigenvalue weighted by Gasteiger charge is 2.23. The van der Waals surface area contributed by atoms with E-state index >= 15 is 0 Å². The SMILES string of the molecule is CNc1nc(-c2cc3c(cc2OC)CC(C)O3)ncc1Br. The molecule has 1 atom stereocenters. The molecule has 2 heterocycles. The van der Waals surface area contributed by atoms with Gasteiger partial charge < -0.3 is 14.8 Å². The Balaban J connectivity index is 2.12. The van der Waals surface area contributed by atoms with Crippen LogP contribution >= 0.6 is 15.9 Å². The fourth-order valence-electron chi connectivity index (χ4n) is 2.46. The van der Waals surface area contributed by atoms with Gasteiger partial charge in [0.05, 0.1) is 17.1 Å². The molecule has 5 nitrogen and oxygen atoms in total. The van der Waals surface area contributed by atoms with Crippen LogP contribution in [0.1, 0.15) is 12.5 Å². The summed E-state index contributed by atoms with van der Waals surface area (Å²) < 4.78 is 12.1. The molecule has 21 heavy (non-hydrogen) atoms. The van der Waals surface area contributed by atoms with E-state index in [1.165, 1.54) is 0 Å². The van der Waals surface area contributed by atoms with Crippen molar-refractivity contribution in [3.05, 3.63) is 28.4 Å². The van der Waals surface area contributed by atoms with E-state index in [4.69, 9.17) is 9.47 Å². The molecule has 1 aromatic carbocycles. The minimum absolute atomic E-state index is 0.193. The predicted molar refractivity (Wildman–Crippen MR) is 85.1 cm³/mol. The standard InChI is InChI=1S/C15H16BrN3O2/c1-8-4-9-5-13(20-3)10(6-12(9)21-8)14-18-7-11(16)15(17-2)19-14/h5-8H,4H2,1-3H3,(H,17,18,19). The number of ether oxygens (including phenoxy) is 2. The zero-order chi connectivity index (χ0) is 15.0. The number of halogens is 1. The van der Waals surface area contributed by atoms with Gasteiger partial charge in [-0.25, -0.2) is 9.97 Å². The van der Waals surface area contributed by atoms with E-state index in [0.717, 1.165) is 39.3 Å². The highest BCUT2D eigenvalue weighted by molar-refractivity contribution is 9.10. The Hall–Kier alpha value is -1.82. The van der Waals surface area contributed by atoms with Crippen LogP contribution in [0.2, 0.25) is 0 Å². The van der Waals surface area contributed by atoms with Crippen molar-refractivity contribution in [2.45, 2.75) is 19.4 Å². The summed E-state index contributed by atoms with van der Waals surface area (Å²) in [6.07, 6.45) is 2.82. The number of benzene rings is 1. The molecule has 1 aliphatic heterocycles. The van der Waals surface area contributed by atoms with Crippen LogP contribution in [-0.4, -0.2) is 30.2 Å². The first kappa shape index (κ1) is 14.1. The zero-order valence-corrected chi connectivity index (χ0v) is 13.7. The molecular formula is C15H16BrN3O2. The van der Waals surface area contributed by atoms with Crippen LogP contribution in [-0.2, 0) is 6.42 Å². The number of hydrogen-bond donors (Lipinski definition) is 1. The summed E-state index contributed by atoms with van der Waals surface area (Å²) in [7, 11) is 3.48. The predicted octanol–water partition coefficient (Wildman–Crippen LogP) is 3.28. The fourth-order valence-corrected chi connectivity index (χ4v) is 2.84. The Morgan fingerprint density at radius 1 is 1.43 bits per heavy atom. The maximum absolute atomic E-state index is 5.81. The number of fused-ring (bicyclic) bond motifs is 1. The molecule has 3 rings (SSSR count). The monoisotopic (exact) mass is 349 g/mol. The van der Waals surface area contributed by atoms with Gasteiger partial charge in [-0.3, -0.25) is 0 Å². The minimum atomic E-state index is 0.193. The third-order valence-electron chi connectivity index (χ3n) is 3.44. The summed E-state index contributed by atoms with van der Waals surface area (Å²) in [4.78, 5) is 8.89. The molecule has 0 radical (unpaired) electrons. The Kier molecular flexibility index (Phi) is 3.71. The molecule has 6 heteroatoms. The maximum atomic E-state index is 5.81. The van der Waals surface area contributed by atoms with Crippen LogP contribution < -0.4 is 14.8 Å². The third-order valence-corrected chi connectivity index (χ3v) is 4.02. The van der Waals surface area contributed by atoms with Gasteiger partial charge in [0.25, 0.3) is 0 Å². The Bertz CT molecular complexity index is 691. The smallest absolute Gasteiger partial charge is 0.165 e. The topological polar surface area (TPSA) is 56.3 Å². The molecule has 2 aromatic rings. The molecule has 0 saturated carbocycles. The Labute approximate surface area is 131 Å². The number of anilines is 1. The molecule has 0 fully saturated rings.